The lowest BCUT2D eigenvalue weighted by atomic mass is 9.74. The number of hydrogen-bond acceptors (Lipinski definition) is 4. The molecular weight excluding hydrogens is 354 g/mol. The average Bonchev–Trinajstić information content (AvgIpc) is 2.61. The van der Waals surface area contributed by atoms with Crippen molar-refractivity contribution in [3.63, 3.8) is 0 Å². The molecule has 1 aromatic heterocycles. The van der Waals surface area contributed by atoms with Gasteiger partial charge in [0.25, 0.3) is 0 Å². The van der Waals surface area contributed by atoms with Crippen LogP contribution in [0, 0.1) is 11.3 Å². The normalized spacial score (nSPS) is 16.5. The Morgan fingerprint density at radius 2 is 2.09 bits per heavy atom. The third kappa shape index (κ3) is 3.72. The fourth-order valence-electron chi connectivity index (χ4n) is 3.00. The molecule has 5 heteroatoms. The summed E-state index contributed by atoms with van der Waals surface area (Å²) >= 11 is 3.57. The van der Waals surface area contributed by atoms with Crippen LogP contribution in [0.15, 0.2) is 47.1 Å². The Morgan fingerprint density at radius 1 is 1.26 bits per heavy atom. The minimum absolute atomic E-state index is 0.0202. The molecular formula is C18H18BrN3O. The number of aromatic nitrogens is 1. The molecule has 0 radical (unpaired) electrons. The maximum atomic E-state index is 9.01. The van der Waals surface area contributed by atoms with Crippen LogP contribution in [0.25, 0.3) is 0 Å². The van der Waals surface area contributed by atoms with Crippen molar-refractivity contribution in [2.75, 3.05) is 25.1 Å². The summed E-state index contributed by atoms with van der Waals surface area (Å²) in [6.45, 7) is 2.30. The van der Waals surface area contributed by atoms with Gasteiger partial charge in [0.05, 0.1) is 11.6 Å². The second-order valence-electron chi connectivity index (χ2n) is 5.80. The van der Waals surface area contributed by atoms with Gasteiger partial charge in [-0.3, -0.25) is 0 Å². The van der Waals surface area contributed by atoms with E-state index in [9.17, 15) is 0 Å². The number of hydrogen-bond donors (Lipinski definition) is 1. The van der Waals surface area contributed by atoms with Gasteiger partial charge in [-0.15, -0.1) is 0 Å². The minimum atomic E-state index is 0.0202. The molecule has 118 valence electrons. The van der Waals surface area contributed by atoms with Gasteiger partial charge in [-0.05, 0) is 42.7 Å². The molecule has 1 aromatic carbocycles. The van der Waals surface area contributed by atoms with Crippen LogP contribution in [-0.2, 0) is 10.2 Å². The molecule has 0 bridgehead atoms. The van der Waals surface area contributed by atoms with Crippen LogP contribution in [0.4, 0.5) is 5.82 Å². The molecule has 23 heavy (non-hydrogen) atoms. The Labute approximate surface area is 144 Å². The summed E-state index contributed by atoms with van der Waals surface area (Å²) in [5.74, 6) is 0.741. The third-order valence-corrected chi connectivity index (χ3v) is 4.88. The first-order valence-electron chi connectivity index (χ1n) is 7.66. The fraction of sp³-hybridized carbons (Fsp3) is 0.333. The number of pyridine rings is 1. The van der Waals surface area contributed by atoms with Crippen molar-refractivity contribution < 1.29 is 4.74 Å². The number of anilines is 1. The predicted molar refractivity (Wildman–Crippen MR) is 93.3 cm³/mol. The molecule has 0 unspecified atom stereocenters. The van der Waals surface area contributed by atoms with Crippen molar-refractivity contribution in [3.05, 3.63) is 58.2 Å². The van der Waals surface area contributed by atoms with Crippen molar-refractivity contribution >= 4 is 21.7 Å². The van der Waals surface area contributed by atoms with E-state index in [2.05, 4.69) is 50.5 Å². The highest BCUT2D eigenvalue weighted by atomic mass is 79.9. The SMILES string of the molecule is N#Cc1ccnc(NCC2(c3cccc(Br)c3)CCOCC2)c1. The number of nitrogens with zero attached hydrogens (tertiary/aromatic N) is 2. The van der Waals surface area contributed by atoms with Gasteiger partial charge in [0.15, 0.2) is 0 Å². The van der Waals surface area contributed by atoms with Gasteiger partial charge in [-0.1, -0.05) is 28.1 Å². The maximum absolute atomic E-state index is 9.01. The summed E-state index contributed by atoms with van der Waals surface area (Å²) in [5, 5.41) is 12.4. The molecule has 1 saturated heterocycles. The maximum Gasteiger partial charge on any atom is 0.127 e. The van der Waals surface area contributed by atoms with Crippen molar-refractivity contribution in [3.8, 4) is 6.07 Å². The van der Waals surface area contributed by atoms with E-state index in [1.807, 2.05) is 6.07 Å². The van der Waals surface area contributed by atoms with Crippen LogP contribution in [-0.4, -0.2) is 24.7 Å². The van der Waals surface area contributed by atoms with Crippen molar-refractivity contribution in [2.24, 2.45) is 0 Å². The first-order valence-corrected chi connectivity index (χ1v) is 8.45. The van der Waals surface area contributed by atoms with Crippen LogP contribution in [0.2, 0.25) is 0 Å². The van der Waals surface area contributed by atoms with Gasteiger partial charge in [-0.2, -0.15) is 5.26 Å². The van der Waals surface area contributed by atoms with Gasteiger partial charge >= 0.3 is 0 Å². The molecule has 2 heterocycles. The molecule has 1 aliphatic rings. The smallest absolute Gasteiger partial charge is 0.127 e. The quantitative estimate of drug-likeness (QED) is 0.885. The zero-order valence-corrected chi connectivity index (χ0v) is 14.3. The molecule has 2 aromatic rings. The van der Waals surface area contributed by atoms with Crippen molar-refractivity contribution in [1.29, 1.82) is 5.26 Å². The molecule has 0 aliphatic carbocycles. The number of benzene rings is 1. The zero-order chi connectivity index (χ0) is 16.1. The lowest BCUT2D eigenvalue weighted by molar-refractivity contribution is 0.0543. The summed E-state index contributed by atoms with van der Waals surface area (Å²) in [7, 11) is 0. The predicted octanol–water partition coefficient (Wildman–Crippen LogP) is 3.88. The Kier molecular flexibility index (Phi) is 4.94. The van der Waals surface area contributed by atoms with Crippen LogP contribution < -0.4 is 5.32 Å². The first kappa shape index (κ1) is 16.0. The van der Waals surface area contributed by atoms with E-state index in [4.69, 9.17) is 10.00 Å². The van der Waals surface area contributed by atoms with E-state index in [-0.39, 0.29) is 5.41 Å². The second-order valence-corrected chi connectivity index (χ2v) is 6.71. The van der Waals surface area contributed by atoms with E-state index in [0.717, 1.165) is 42.9 Å². The Balaban J connectivity index is 1.83. The third-order valence-electron chi connectivity index (χ3n) is 4.38. The van der Waals surface area contributed by atoms with E-state index in [1.165, 1.54) is 5.56 Å². The molecule has 1 fully saturated rings. The van der Waals surface area contributed by atoms with Gasteiger partial charge in [0, 0.05) is 35.8 Å². The fourth-order valence-corrected chi connectivity index (χ4v) is 3.40. The molecule has 0 saturated carbocycles. The van der Waals surface area contributed by atoms with E-state index in [0.29, 0.717) is 5.56 Å². The summed E-state index contributed by atoms with van der Waals surface area (Å²) in [5.41, 5.74) is 1.94. The number of nitrogens with one attached hydrogen (secondary N) is 1. The zero-order valence-electron chi connectivity index (χ0n) is 12.8. The molecule has 1 N–H and O–H groups in total. The van der Waals surface area contributed by atoms with Gasteiger partial charge in [0.2, 0.25) is 0 Å². The van der Waals surface area contributed by atoms with E-state index < -0.39 is 0 Å². The highest BCUT2D eigenvalue weighted by molar-refractivity contribution is 9.10. The Bertz CT molecular complexity index is 720. The standard InChI is InChI=1S/C18H18BrN3O/c19-16-3-1-2-15(11-16)18(5-8-23-9-6-18)13-22-17-10-14(12-20)4-7-21-17/h1-4,7,10-11H,5-6,8-9,13H2,(H,21,22). The lowest BCUT2D eigenvalue weighted by Gasteiger charge is -2.38. The molecule has 0 atom stereocenters. The van der Waals surface area contributed by atoms with Crippen LogP contribution >= 0.6 is 15.9 Å². The van der Waals surface area contributed by atoms with Crippen LogP contribution in [0.5, 0.6) is 0 Å². The van der Waals surface area contributed by atoms with Gasteiger partial charge in [-0.25, -0.2) is 4.98 Å². The minimum Gasteiger partial charge on any atom is -0.381 e. The van der Waals surface area contributed by atoms with Crippen LogP contribution in [0.3, 0.4) is 0 Å². The molecule has 1 aliphatic heterocycles. The molecule has 4 nitrogen and oxygen atoms in total. The lowest BCUT2D eigenvalue weighted by Crippen LogP contribution is -2.40. The monoisotopic (exact) mass is 371 g/mol. The summed E-state index contributed by atoms with van der Waals surface area (Å²) in [4.78, 5) is 4.31. The largest absolute Gasteiger partial charge is 0.381 e. The highest BCUT2D eigenvalue weighted by Crippen LogP contribution is 2.36. The molecule has 3 rings (SSSR count). The van der Waals surface area contributed by atoms with E-state index >= 15 is 0 Å². The van der Waals surface area contributed by atoms with Crippen molar-refractivity contribution in [2.45, 2.75) is 18.3 Å². The molecule has 0 spiro atoms. The Hall–Kier alpha value is -1.90. The second kappa shape index (κ2) is 7.12. The number of nitriles is 1. The van der Waals surface area contributed by atoms with E-state index in [1.54, 1.807) is 18.3 Å². The number of halogens is 1. The summed E-state index contributed by atoms with van der Waals surface area (Å²) in [6.07, 6.45) is 3.60. The first-order chi connectivity index (χ1) is 11.2. The topological polar surface area (TPSA) is 57.9 Å². The van der Waals surface area contributed by atoms with Crippen molar-refractivity contribution in [1.82, 2.24) is 4.98 Å². The summed E-state index contributed by atoms with van der Waals surface area (Å²) in [6, 6.07) is 14.1. The van der Waals surface area contributed by atoms with Gasteiger partial charge < -0.3 is 10.1 Å². The van der Waals surface area contributed by atoms with Crippen LogP contribution in [0.1, 0.15) is 24.0 Å². The highest BCUT2D eigenvalue weighted by Gasteiger charge is 2.34. The number of rotatable bonds is 4. The summed E-state index contributed by atoms with van der Waals surface area (Å²) < 4.78 is 6.66. The average molecular weight is 372 g/mol. The molecule has 0 amide bonds. The Morgan fingerprint density at radius 3 is 2.83 bits per heavy atom. The van der Waals surface area contributed by atoms with Gasteiger partial charge in [0.1, 0.15) is 5.82 Å². The number of ether oxygens (including phenoxy) is 1.